The van der Waals surface area contributed by atoms with Gasteiger partial charge in [0, 0.05) is 19.7 Å². The van der Waals surface area contributed by atoms with Crippen molar-refractivity contribution < 1.29 is 14.8 Å². The summed E-state index contributed by atoms with van der Waals surface area (Å²) in [6, 6.07) is 13.9. The van der Waals surface area contributed by atoms with Crippen LogP contribution in [-0.2, 0) is 17.8 Å². The van der Waals surface area contributed by atoms with E-state index in [1.165, 1.54) is 6.07 Å². The number of aliphatic hydroxyl groups is 1. The molecule has 25 heavy (non-hydrogen) atoms. The fourth-order valence-electron chi connectivity index (χ4n) is 2.46. The number of hydrogen-bond acceptors (Lipinski definition) is 5. The molecule has 0 saturated carbocycles. The molecule has 132 valence electrons. The number of amides is 1. The van der Waals surface area contributed by atoms with Crippen LogP contribution in [0.15, 0.2) is 48.5 Å². The molecule has 0 radical (unpaired) electrons. The van der Waals surface area contributed by atoms with Crippen LogP contribution < -0.4 is 10.2 Å². The van der Waals surface area contributed by atoms with Crippen molar-refractivity contribution in [2.75, 3.05) is 25.0 Å². The van der Waals surface area contributed by atoms with Gasteiger partial charge in [-0.3, -0.25) is 14.9 Å². The van der Waals surface area contributed by atoms with Crippen LogP contribution in [0.25, 0.3) is 0 Å². The normalized spacial score (nSPS) is 10.3. The van der Waals surface area contributed by atoms with Crippen molar-refractivity contribution in [2.45, 2.75) is 13.0 Å². The van der Waals surface area contributed by atoms with E-state index in [4.69, 9.17) is 5.11 Å². The van der Waals surface area contributed by atoms with Gasteiger partial charge in [0.15, 0.2) is 0 Å². The molecule has 0 aliphatic carbocycles. The summed E-state index contributed by atoms with van der Waals surface area (Å²) < 4.78 is 0. The topological polar surface area (TPSA) is 95.7 Å². The largest absolute Gasteiger partial charge is 0.392 e. The van der Waals surface area contributed by atoms with Crippen molar-refractivity contribution in [3.63, 3.8) is 0 Å². The molecule has 1 amide bonds. The Morgan fingerprint density at radius 3 is 2.44 bits per heavy atom. The Morgan fingerprint density at radius 2 is 1.80 bits per heavy atom. The summed E-state index contributed by atoms with van der Waals surface area (Å²) in [5.74, 6) is -0.201. The highest BCUT2D eigenvalue weighted by atomic mass is 16.6. The highest BCUT2D eigenvalue weighted by Crippen LogP contribution is 2.26. The number of nitrogens with zero attached hydrogens (tertiary/aromatic N) is 2. The van der Waals surface area contributed by atoms with E-state index in [0.29, 0.717) is 18.7 Å². The van der Waals surface area contributed by atoms with Crippen molar-refractivity contribution in [2.24, 2.45) is 0 Å². The Morgan fingerprint density at radius 1 is 1.16 bits per heavy atom. The lowest BCUT2D eigenvalue weighted by Gasteiger charge is -2.18. The van der Waals surface area contributed by atoms with Gasteiger partial charge in [0.05, 0.1) is 18.1 Å². The molecule has 0 aliphatic heterocycles. The third-order valence-electron chi connectivity index (χ3n) is 3.81. The molecule has 2 N–H and O–H groups in total. The highest BCUT2D eigenvalue weighted by Gasteiger charge is 2.17. The molecule has 0 fully saturated rings. The number of likely N-dealkylation sites (N-methyl/N-ethyl adjacent to an activating group) is 1. The van der Waals surface area contributed by atoms with Gasteiger partial charge in [0.2, 0.25) is 5.91 Å². The Labute approximate surface area is 146 Å². The molecule has 0 spiro atoms. The van der Waals surface area contributed by atoms with E-state index in [1.54, 1.807) is 30.1 Å². The molecule has 0 aromatic heterocycles. The number of carbonyl (C=O) groups is 1. The molecule has 0 atom stereocenters. The molecule has 0 unspecified atom stereocenters. The first kappa shape index (κ1) is 18.4. The zero-order chi connectivity index (χ0) is 18.2. The Hall–Kier alpha value is -2.93. The second-order valence-electron chi connectivity index (χ2n) is 5.68. The zero-order valence-corrected chi connectivity index (χ0v) is 14.0. The summed E-state index contributed by atoms with van der Waals surface area (Å²) in [5, 5.41) is 22.9. The van der Waals surface area contributed by atoms with Crippen LogP contribution in [0.3, 0.4) is 0 Å². The minimum absolute atomic E-state index is 0.00890. The van der Waals surface area contributed by atoms with Gasteiger partial charge in [-0.2, -0.15) is 0 Å². The Bertz CT molecular complexity index is 731. The average molecular weight is 343 g/mol. The van der Waals surface area contributed by atoms with Crippen LogP contribution in [-0.4, -0.2) is 36.1 Å². The molecule has 0 bridgehead atoms. The van der Waals surface area contributed by atoms with E-state index >= 15 is 0 Å². The van der Waals surface area contributed by atoms with Crippen molar-refractivity contribution in [1.29, 1.82) is 0 Å². The number of benzene rings is 2. The van der Waals surface area contributed by atoms with Crippen LogP contribution in [0.5, 0.6) is 0 Å². The first-order valence-corrected chi connectivity index (χ1v) is 7.91. The van der Waals surface area contributed by atoms with E-state index in [2.05, 4.69) is 5.32 Å². The quantitative estimate of drug-likeness (QED) is 0.564. The van der Waals surface area contributed by atoms with Crippen LogP contribution in [0, 0.1) is 10.1 Å². The number of anilines is 1. The van der Waals surface area contributed by atoms with E-state index < -0.39 is 4.92 Å². The number of hydrogen-bond donors (Lipinski definition) is 2. The summed E-state index contributed by atoms with van der Waals surface area (Å²) in [7, 11) is 1.65. The van der Waals surface area contributed by atoms with Gasteiger partial charge in [-0.25, -0.2) is 0 Å². The monoisotopic (exact) mass is 343 g/mol. The van der Waals surface area contributed by atoms with Gasteiger partial charge in [0.1, 0.15) is 5.69 Å². The average Bonchev–Trinajstić information content (AvgIpc) is 2.62. The number of aliphatic hydroxyl groups excluding tert-OH is 1. The molecule has 2 rings (SSSR count). The van der Waals surface area contributed by atoms with Crippen molar-refractivity contribution >= 4 is 17.3 Å². The lowest BCUT2D eigenvalue weighted by Crippen LogP contribution is -2.36. The van der Waals surface area contributed by atoms with Gasteiger partial charge in [-0.05, 0) is 23.6 Å². The van der Waals surface area contributed by atoms with Gasteiger partial charge in [0.25, 0.3) is 5.69 Å². The fourth-order valence-corrected chi connectivity index (χ4v) is 2.46. The maximum Gasteiger partial charge on any atom is 0.292 e. The first-order valence-electron chi connectivity index (χ1n) is 7.91. The number of nitro benzene ring substituents is 1. The van der Waals surface area contributed by atoms with Gasteiger partial charge >= 0.3 is 0 Å². The Kier molecular flexibility index (Phi) is 6.47. The summed E-state index contributed by atoms with van der Waals surface area (Å²) in [4.78, 5) is 24.2. The van der Waals surface area contributed by atoms with Gasteiger partial charge in [-0.1, -0.05) is 36.4 Å². The van der Waals surface area contributed by atoms with Crippen molar-refractivity contribution in [3.8, 4) is 0 Å². The lowest BCUT2D eigenvalue weighted by atomic mass is 10.1. The molecule has 0 saturated heterocycles. The Balaban J connectivity index is 1.84. The number of nitrogens with one attached hydrogen (secondary N) is 1. The minimum Gasteiger partial charge on any atom is -0.392 e. The number of carbonyl (C=O) groups excluding carboxylic acids is 1. The summed E-state index contributed by atoms with van der Waals surface area (Å²) >= 11 is 0. The molecule has 7 heteroatoms. The second kappa shape index (κ2) is 8.79. The molecule has 0 aliphatic rings. The maximum absolute atomic E-state index is 12.0. The van der Waals surface area contributed by atoms with Crippen LogP contribution >= 0.6 is 0 Å². The smallest absolute Gasteiger partial charge is 0.292 e. The molecule has 2 aromatic rings. The van der Waals surface area contributed by atoms with Crippen LogP contribution in [0.2, 0.25) is 0 Å². The lowest BCUT2D eigenvalue weighted by molar-refractivity contribution is -0.384. The minimum atomic E-state index is -0.459. The van der Waals surface area contributed by atoms with Crippen LogP contribution in [0.4, 0.5) is 11.4 Å². The standard InChI is InChI=1S/C18H21N3O4/c1-20(16-4-2-3-5-17(16)21(24)25)12-18(23)19-11-10-14-6-8-15(13-22)9-7-14/h2-9,22H,10-13H2,1H3,(H,19,23). The molecular formula is C18H21N3O4. The molecule has 7 nitrogen and oxygen atoms in total. The summed E-state index contributed by atoms with van der Waals surface area (Å²) in [6.45, 7) is 0.519. The highest BCUT2D eigenvalue weighted by molar-refractivity contribution is 5.82. The van der Waals surface area contributed by atoms with E-state index in [1.807, 2.05) is 24.3 Å². The predicted octanol–water partition coefficient (Wildman–Crippen LogP) is 1.88. The van der Waals surface area contributed by atoms with E-state index in [-0.39, 0.29) is 24.7 Å². The molecular weight excluding hydrogens is 322 g/mol. The summed E-state index contributed by atoms with van der Waals surface area (Å²) in [5.41, 5.74) is 2.28. The van der Waals surface area contributed by atoms with Crippen molar-refractivity contribution in [3.05, 3.63) is 69.8 Å². The third kappa shape index (κ3) is 5.29. The second-order valence-corrected chi connectivity index (χ2v) is 5.68. The van der Waals surface area contributed by atoms with Gasteiger partial charge < -0.3 is 15.3 Å². The number of nitro groups is 1. The number of rotatable bonds is 8. The summed E-state index contributed by atoms with van der Waals surface area (Å²) in [6.07, 6.45) is 0.673. The van der Waals surface area contributed by atoms with Crippen LogP contribution in [0.1, 0.15) is 11.1 Å². The number of para-hydroxylation sites is 2. The van der Waals surface area contributed by atoms with E-state index in [0.717, 1.165) is 11.1 Å². The third-order valence-corrected chi connectivity index (χ3v) is 3.81. The fraction of sp³-hybridized carbons (Fsp3) is 0.278. The molecule has 0 heterocycles. The molecule has 2 aromatic carbocycles. The SMILES string of the molecule is CN(CC(=O)NCCc1ccc(CO)cc1)c1ccccc1[N+](=O)[O-]. The maximum atomic E-state index is 12.0. The van der Waals surface area contributed by atoms with E-state index in [9.17, 15) is 14.9 Å². The zero-order valence-electron chi connectivity index (χ0n) is 14.0. The van der Waals surface area contributed by atoms with Crippen molar-refractivity contribution in [1.82, 2.24) is 5.32 Å². The van der Waals surface area contributed by atoms with Gasteiger partial charge in [-0.15, -0.1) is 0 Å². The first-order chi connectivity index (χ1) is 12.0. The predicted molar refractivity (Wildman–Crippen MR) is 95.4 cm³/mol.